The Morgan fingerprint density at radius 2 is 1.24 bits per heavy atom. The van der Waals surface area contributed by atoms with E-state index in [4.69, 9.17) is 44.3 Å². The number of aryl methyl sites for hydroxylation is 2. The van der Waals surface area contributed by atoms with E-state index in [0.29, 0.717) is 0 Å². The van der Waals surface area contributed by atoms with Gasteiger partial charge in [0.2, 0.25) is 6.69 Å². The highest BCUT2D eigenvalue weighted by atomic mass is 35.7. The molecule has 0 radical (unpaired) electrons. The van der Waals surface area contributed by atoms with Crippen LogP contribution in [0.3, 0.4) is 0 Å². The maximum absolute atomic E-state index is 6.63. The van der Waals surface area contributed by atoms with Crippen molar-refractivity contribution >= 4 is 57.7 Å². The zero-order valence-electron chi connectivity index (χ0n) is 15.6. The fraction of sp³-hybridized carbons (Fsp3) is 0.684. The van der Waals surface area contributed by atoms with E-state index in [-0.39, 0.29) is 0 Å². The number of rotatable bonds is 13. The fourth-order valence-electron chi connectivity index (χ4n) is 3.08. The monoisotopic (exact) mass is 456 g/mol. The summed E-state index contributed by atoms with van der Waals surface area (Å²) in [6.45, 7) is 0.228. The Kier molecular flexibility index (Phi) is 11.7. The van der Waals surface area contributed by atoms with E-state index >= 15 is 0 Å². The lowest BCUT2D eigenvalue weighted by Crippen LogP contribution is -2.18. The first kappa shape index (κ1) is 23.9. The van der Waals surface area contributed by atoms with Crippen molar-refractivity contribution in [2.24, 2.45) is 0 Å². The topological polar surface area (TPSA) is 0 Å². The van der Waals surface area contributed by atoms with Crippen LogP contribution in [-0.4, -0.2) is 13.4 Å². The number of hydrogen-bond acceptors (Lipinski definition) is 0. The van der Waals surface area contributed by atoms with Crippen molar-refractivity contribution in [1.29, 1.82) is 0 Å². The third-order valence-corrected chi connectivity index (χ3v) is 11.5. The lowest BCUT2D eigenvalue weighted by Gasteiger charge is -2.17. The second-order valence-corrected chi connectivity index (χ2v) is 23.2. The molecule has 0 heterocycles. The summed E-state index contributed by atoms with van der Waals surface area (Å²) in [5, 5.41) is 0. The molecule has 0 aliphatic carbocycles. The molecule has 0 amide bonds. The second-order valence-electron chi connectivity index (χ2n) is 7.33. The minimum Gasteiger partial charge on any atom is -0.146 e. The van der Waals surface area contributed by atoms with Gasteiger partial charge in [-0.15, -0.1) is 44.3 Å². The molecule has 6 heteroatoms. The summed E-state index contributed by atoms with van der Waals surface area (Å²) in [4.78, 5) is 0. The van der Waals surface area contributed by atoms with E-state index in [1.165, 1.54) is 49.7 Å². The Bertz CT molecular complexity index is 487. The van der Waals surface area contributed by atoms with Crippen LogP contribution in [0, 0.1) is 6.92 Å². The van der Waals surface area contributed by atoms with Gasteiger partial charge in [-0.25, -0.2) is 0 Å². The summed E-state index contributed by atoms with van der Waals surface area (Å²) in [7, 11) is 0. The second kappa shape index (κ2) is 12.3. The molecule has 0 bridgehead atoms. The Labute approximate surface area is 175 Å². The van der Waals surface area contributed by atoms with Gasteiger partial charge in [-0.05, 0) is 55.6 Å². The van der Waals surface area contributed by atoms with Crippen molar-refractivity contribution in [3.63, 3.8) is 0 Å². The molecule has 0 saturated carbocycles. The van der Waals surface area contributed by atoms with Crippen molar-refractivity contribution in [2.75, 3.05) is 0 Å². The quantitative estimate of drug-likeness (QED) is 0.157. The SMILES string of the molecule is Cc1ccccc1CCC[Si](Cl)(Cl)CCCCCCCC[Si](C)(Cl)Cl. The van der Waals surface area contributed by atoms with Gasteiger partial charge in [-0.3, -0.25) is 0 Å². The van der Waals surface area contributed by atoms with Gasteiger partial charge in [0, 0.05) is 0 Å². The average molecular weight is 458 g/mol. The molecule has 0 aliphatic rings. The van der Waals surface area contributed by atoms with E-state index in [2.05, 4.69) is 31.2 Å². The average Bonchev–Trinajstić information content (AvgIpc) is 2.50. The lowest BCUT2D eigenvalue weighted by atomic mass is 10.1. The Balaban J connectivity index is 2.06. The van der Waals surface area contributed by atoms with Gasteiger partial charge in [-0.1, -0.05) is 62.8 Å². The Hall–Kier alpha value is 0.814. The van der Waals surface area contributed by atoms with Crippen LogP contribution in [0.5, 0.6) is 0 Å². The highest BCUT2D eigenvalue weighted by molar-refractivity contribution is 7.45. The molecule has 0 N–H and O–H groups in total. The normalized spacial score (nSPS) is 12.6. The number of unbranched alkanes of at least 4 members (excludes halogenated alkanes) is 5. The van der Waals surface area contributed by atoms with Crippen LogP contribution in [0.15, 0.2) is 24.3 Å². The predicted octanol–water partition coefficient (Wildman–Crippen LogP) is 8.74. The lowest BCUT2D eigenvalue weighted by molar-refractivity contribution is 0.622. The zero-order valence-corrected chi connectivity index (χ0v) is 20.6. The highest BCUT2D eigenvalue weighted by Crippen LogP contribution is 2.30. The summed E-state index contributed by atoms with van der Waals surface area (Å²) in [6.07, 6.45) is 9.54. The molecule has 1 rings (SSSR count). The highest BCUT2D eigenvalue weighted by Gasteiger charge is 2.27. The number of halogens is 4. The first-order valence-electron chi connectivity index (χ1n) is 9.50. The molecule has 144 valence electrons. The van der Waals surface area contributed by atoms with Gasteiger partial charge in [0.15, 0.2) is 0 Å². The van der Waals surface area contributed by atoms with Gasteiger partial charge in [0.05, 0.1) is 0 Å². The van der Waals surface area contributed by atoms with Gasteiger partial charge >= 0.3 is 0 Å². The summed E-state index contributed by atoms with van der Waals surface area (Å²) in [6, 6.07) is 11.6. The van der Waals surface area contributed by atoms with Crippen LogP contribution < -0.4 is 0 Å². The molecule has 0 atom stereocenters. The molecular formula is C19H32Cl4Si2. The van der Waals surface area contributed by atoms with E-state index in [0.717, 1.165) is 31.0 Å². The largest absolute Gasteiger partial charge is 0.251 e. The predicted molar refractivity (Wildman–Crippen MR) is 122 cm³/mol. The first-order chi connectivity index (χ1) is 11.7. The maximum Gasteiger partial charge on any atom is 0.251 e. The third-order valence-electron chi connectivity index (χ3n) is 4.66. The summed E-state index contributed by atoms with van der Waals surface area (Å²) in [5.41, 5.74) is 2.79. The van der Waals surface area contributed by atoms with Crippen molar-refractivity contribution in [1.82, 2.24) is 0 Å². The molecule has 0 spiro atoms. The smallest absolute Gasteiger partial charge is 0.146 e. The minimum atomic E-state index is -2.06. The molecule has 0 aromatic heterocycles. The van der Waals surface area contributed by atoms with Gasteiger partial charge in [0.1, 0.15) is 0 Å². The van der Waals surface area contributed by atoms with E-state index in [9.17, 15) is 0 Å². The molecule has 25 heavy (non-hydrogen) atoms. The molecule has 0 unspecified atom stereocenters. The van der Waals surface area contributed by atoms with Gasteiger partial charge < -0.3 is 0 Å². The standard InChI is InChI=1S/C19H32Cl4Si2/c1-18-12-7-8-13-19(18)14-11-17-25(22,23)16-10-6-4-3-5-9-15-24(2,20)21/h7-8,12-13H,3-6,9-11,14-17H2,1-2H3. The first-order valence-corrected chi connectivity index (χ1v) is 18.7. The Morgan fingerprint density at radius 3 is 1.84 bits per heavy atom. The molecule has 0 fully saturated rings. The van der Waals surface area contributed by atoms with Crippen LogP contribution in [-0.2, 0) is 6.42 Å². The summed E-state index contributed by atoms with van der Waals surface area (Å²) >= 11 is 25.5. The van der Waals surface area contributed by atoms with Crippen molar-refractivity contribution in [2.45, 2.75) is 83.0 Å². The zero-order chi connectivity index (χ0) is 18.8. The fourth-order valence-corrected chi connectivity index (χ4v) is 8.07. The van der Waals surface area contributed by atoms with E-state index in [1.54, 1.807) is 0 Å². The molecule has 1 aromatic rings. The van der Waals surface area contributed by atoms with Crippen LogP contribution in [0.25, 0.3) is 0 Å². The molecule has 0 nitrogen and oxygen atoms in total. The number of benzene rings is 1. The summed E-state index contributed by atoms with van der Waals surface area (Å²) < 4.78 is 0. The van der Waals surface area contributed by atoms with Crippen LogP contribution in [0.1, 0.15) is 56.1 Å². The van der Waals surface area contributed by atoms with Crippen molar-refractivity contribution < 1.29 is 0 Å². The minimum absolute atomic E-state index is 0.999. The summed E-state index contributed by atoms with van der Waals surface area (Å²) in [5.74, 6) is 0. The third kappa shape index (κ3) is 12.8. The van der Waals surface area contributed by atoms with Crippen LogP contribution in [0.4, 0.5) is 0 Å². The van der Waals surface area contributed by atoms with Crippen LogP contribution in [0.2, 0.25) is 24.7 Å². The Morgan fingerprint density at radius 1 is 0.720 bits per heavy atom. The molecule has 1 aromatic carbocycles. The van der Waals surface area contributed by atoms with E-state index < -0.39 is 13.4 Å². The number of hydrogen-bond donors (Lipinski definition) is 0. The maximum atomic E-state index is 6.63. The molecule has 0 saturated heterocycles. The van der Waals surface area contributed by atoms with E-state index in [1.807, 2.05) is 6.55 Å². The molecule has 0 aliphatic heterocycles. The molecular weight excluding hydrogens is 426 g/mol. The van der Waals surface area contributed by atoms with Crippen molar-refractivity contribution in [3.05, 3.63) is 35.4 Å². The van der Waals surface area contributed by atoms with Gasteiger partial charge in [0.25, 0.3) is 6.69 Å². The van der Waals surface area contributed by atoms with Gasteiger partial charge in [-0.2, -0.15) is 0 Å². The van der Waals surface area contributed by atoms with Crippen LogP contribution >= 0.6 is 44.3 Å². The van der Waals surface area contributed by atoms with Crippen molar-refractivity contribution in [3.8, 4) is 0 Å².